The molecule has 3 nitrogen and oxygen atoms in total. The molecule has 0 aromatic heterocycles. The molecule has 1 fully saturated rings. The normalized spacial score (nSPS) is 21.1. The molecule has 1 aliphatic carbocycles. The Balaban J connectivity index is 2.59. The fourth-order valence-electron chi connectivity index (χ4n) is 1.75. The zero-order chi connectivity index (χ0) is 13.8. The van der Waals surface area contributed by atoms with Crippen molar-refractivity contribution in [3.8, 4) is 6.07 Å². The fourth-order valence-corrected chi connectivity index (χ4v) is 1.75. The van der Waals surface area contributed by atoms with Gasteiger partial charge in [-0.2, -0.15) is 18.4 Å². The second-order valence-corrected chi connectivity index (χ2v) is 4.78. The van der Waals surface area contributed by atoms with Gasteiger partial charge < -0.3 is 4.74 Å². The highest BCUT2D eigenvalue weighted by molar-refractivity contribution is 5.15. The Morgan fingerprint density at radius 2 is 2.06 bits per heavy atom. The molecule has 1 rings (SSSR count). The highest BCUT2D eigenvalue weighted by atomic mass is 19.4. The molecule has 1 aliphatic rings. The summed E-state index contributed by atoms with van der Waals surface area (Å²) in [5, 5.41) is 12.3. The minimum Gasteiger partial charge on any atom is -0.366 e. The van der Waals surface area contributed by atoms with Crippen molar-refractivity contribution >= 4 is 0 Å². The van der Waals surface area contributed by atoms with E-state index < -0.39 is 17.8 Å². The molecule has 0 amide bonds. The molecule has 18 heavy (non-hydrogen) atoms. The molecule has 0 radical (unpaired) electrons. The summed E-state index contributed by atoms with van der Waals surface area (Å²) >= 11 is 0. The topological polar surface area (TPSA) is 45.0 Å². The standard InChI is InChI=1S/C12H19F3N2O/c1-3-6-17-11(7-16,10-4-5-10)8-18-9(2)12(13,14)15/h9-10,17H,3-6,8H2,1-2H3. The molecule has 0 aliphatic heterocycles. The third-order valence-corrected chi connectivity index (χ3v) is 3.19. The van der Waals surface area contributed by atoms with E-state index >= 15 is 0 Å². The molecule has 2 unspecified atom stereocenters. The lowest BCUT2D eigenvalue weighted by molar-refractivity contribution is -0.217. The smallest absolute Gasteiger partial charge is 0.366 e. The fraction of sp³-hybridized carbons (Fsp3) is 0.917. The number of hydrogen-bond donors (Lipinski definition) is 1. The van der Waals surface area contributed by atoms with Gasteiger partial charge in [0.05, 0.1) is 12.7 Å². The molecule has 104 valence electrons. The van der Waals surface area contributed by atoms with Crippen molar-refractivity contribution in [1.29, 1.82) is 5.26 Å². The van der Waals surface area contributed by atoms with Crippen LogP contribution >= 0.6 is 0 Å². The van der Waals surface area contributed by atoms with Gasteiger partial charge in [0.2, 0.25) is 0 Å². The van der Waals surface area contributed by atoms with E-state index in [1.54, 1.807) is 0 Å². The lowest BCUT2D eigenvalue weighted by Crippen LogP contribution is -2.51. The first kappa shape index (κ1) is 15.3. The van der Waals surface area contributed by atoms with Gasteiger partial charge in [-0.25, -0.2) is 0 Å². The van der Waals surface area contributed by atoms with Crippen LogP contribution in [0.15, 0.2) is 0 Å². The predicted octanol–water partition coefficient (Wildman–Crippen LogP) is 2.63. The molecule has 0 bridgehead atoms. The van der Waals surface area contributed by atoms with Crippen LogP contribution < -0.4 is 5.32 Å². The van der Waals surface area contributed by atoms with Crippen molar-refractivity contribution < 1.29 is 17.9 Å². The quantitative estimate of drug-likeness (QED) is 0.768. The first-order valence-corrected chi connectivity index (χ1v) is 6.20. The summed E-state index contributed by atoms with van der Waals surface area (Å²) in [6.07, 6.45) is -3.66. The van der Waals surface area contributed by atoms with Crippen molar-refractivity contribution in [3.63, 3.8) is 0 Å². The van der Waals surface area contributed by atoms with Crippen molar-refractivity contribution in [2.45, 2.75) is 50.9 Å². The molecular formula is C12H19F3N2O. The average Bonchev–Trinajstić information content (AvgIpc) is 3.13. The lowest BCUT2D eigenvalue weighted by atomic mass is 9.96. The Morgan fingerprint density at radius 3 is 2.44 bits per heavy atom. The minimum absolute atomic E-state index is 0.106. The summed E-state index contributed by atoms with van der Waals surface area (Å²) in [6.45, 7) is 3.30. The van der Waals surface area contributed by atoms with Crippen LogP contribution in [-0.4, -0.2) is 31.0 Å². The van der Waals surface area contributed by atoms with E-state index in [1.807, 2.05) is 6.92 Å². The minimum atomic E-state index is -4.38. The summed E-state index contributed by atoms with van der Waals surface area (Å²) < 4.78 is 42.0. The summed E-state index contributed by atoms with van der Waals surface area (Å²) in [4.78, 5) is 0. The summed E-state index contributed by atoms with van der Waals surface area (Å²) in [7, 11) is 0. The maximum atomic E-state index is 12.4. The summed E-state index contributed by atoms with van der Waals surface area (Å²) in [6, 6.07) is 2.12. The van der Waals surface area contributed by atoms with Crippen molar-refractivity contribution in [1.82, 2.24) is 5.32 Å². The Bertz CT molecular complexity index is 309. The molecule has 0 saturated heterocycles. The van der Waals surface area contributed by atoms with E-state index in [0.29, 0.717) is 6.54 Å². The number of hydrogen-bond acceptors (Lipinski definition) is 3. The van der Waals surface area contributed by atoms with Crippen molar-refractivity contribution in [3.05, 3.63) is 0 Å². The SMILES string of the molecule is CCCNC(C#N)(COC(C)C(F)(F)F)C1CC1. The van der Waals surface area contributed by atoms with Crippen LogP contribution in [-0.2, 0) is 4.74 Å². The monoisotopic (exact) mass is 264 g/mol. The van der Waals surface area contributed by atoms with Crippen LogP contribution in [0.5, 0.6) is 0 Å². The van der Waals surface area contributed by atoms with Gasteiger partial charge in [0, 0.05) is 0 Å². The number of alkyl halides is 3. The van der Waals surface area contributed by atoms with Gasteiger partial charge in [0.25, 0.3) is 0 Å². The van der Waals surface area contributed by atoms with Crippen LogP contribution in [0.3, 0.4) is 0 Å². The highest BCUT2D eigenvalue weighted by Crippen LogP contribution is 2.40. The maximum Gasteiger partial charge on any atom is 0.414 e. The number of nitrogens with one attached hydrogen (secondary N) is 1. The Labute approximate surface area is 105 Å². The average molecular weight is 264 g/mol. The maximum absolute atomic E-state index is 12.4. The Hall–Kier alpha value is -0.800. The molecule has 0 heterocycles. The van der Waals surface area contributed by atoms with Crippen LogP contribution in [0.1, 0.15) is 33.1 Å². The van der Waals surface area contributed by atoms with Gasteiger partial charge in [-0.05, 0) is 38.6 Å². The molecule has 6 heteroatoms. The zero-order valence-electron chi connectivity index (χ0n) is 10.7. The van der Waals surface area contributed by atoms with Gasteiger partial charge in [0.1, 0.15) is 5.54 Å². The first-order valence-electron chi connectivity index (χ1n) is 6.20. The summed E-state index contributed by atoms with van der Waals surface area (Å²) in [5.41, 5.74) is -0.963. The van der Waals surface area contributed by atoms with Crippen LogP contribution in [0.4, 0.5) is 13.2 Å². The van der Waals surface area contributed by atoms with E-state index in [4.69, 9.17) is 4.74 Å². The van der Waals surface area contributed by atoms with Gasteiger partial charge in [-0.1, -0.05) is 6.92 Å². The molecular weight excluding hydrogens is 245 g/mol. The van der Waals surface area contributed by atoms with Crippen molar-refractivity contribution in [2.75, 3.05) is 13.2 Å². The van der Waals surface area contributed by atoms with Crippen molar-refractivity contribution in [2.24, 2.45) is 5.92 Å². The Morgan fingerprint density at radius 1 is 1.44 bits per heavy atom. The third-order valence-electron chi connectivity index (χ3n) is 3.19. The van der Waals surface area contributed by atoms with Gasteiger partial charge in [-0.15, -0.1) is 0 Å². The number of nitriles is 1. The zero-order valence-corrected chi connectivity index (χ0v) is 10.7. The number of nitrogens with zero attached hydrogens (tertiary/aromatic N) is 1. The lowest BCUT2D eigenvalue weighted by Gasteiger charge is -2.29. The number of halogens is 3. The molecule has 1 saturated carbocycles. The van der Waals surface area contributed by atoms with E-state index in [9.17, 15) is 18.4 Å². The molecule has 0 spiro atoms. The predicted molar refractivity (Wildman–Crippen MR) is 60.8 cm³/mol. The molecule has 0 aromatic carbocycles. The second kappa shape index (κ2) is 5.89. The molecule has 1 N–H and O–H groups in total. The first-order chi connectivity index (χ1) is 8.35. The van der Waals surface area contributed by atoms with E-state index in [1.165, 1.54) is 0 Å². The number of rotatable bonds is 7. The van der Waals surface area contributed by atoms with E-state index in [0.717, 1.165) is 26.2 Å². The molecule has 2 atom stereocenters. The van der Waals surface area contributed by atoms with Crippen LogP contribution in [0, 0.1) is 17.2 Å². The second-order valence-electron chi connectivity index (χ2n) is 4.78. The van der Waals surface area contributed by atoms with E-state index in [-0.39, 0.29) is 12.5 Å². The van der Waals surface area contributed by atoms with Gasteiger partial charge in [-0.3, -0.25) is 5.32 Å². The van der Waals surface area contributed by atoms with Crippen LogP contribution in [0.2, 0.25) is 0 Å². The van der Waals surface area contributed by atoms with Gasteiger partial charge >= 0.3 is 6.18 Å². The largest absolute Gasteiger partial charge is 0.414 e. The molecule has 0 aromatic rings. The van der Waals surface area contributed by atoms with Gasteiger partial charge in [0.15, 0.2) is 6.10 Å². The Kier molecular flexibility index (Phi) is 5.00. The highest BCUT2D eigenvalue weighted by Gasteiger charge is 2.47. The van der Waals surface area contributed by atoms with E-state index in [2.05, 4.69) is 11.4 Å². The number of ether oxygens (including phenoxy) is 1. The van der Waals surface area contributed by atoms with Crippen LogP contribution in [0.25, 0.3) is 0 Å². The third kappa shape index (κ3) is 3.85. The summed E-state index contributed by atoms with van der Waals surface area (Å²) in [5.74, 6) is 0.106.